The first kappa shape index (κ1) is 31.6. The molecule has 43 heavy (non-hydrogen) atoms. The van der Waals surface area contributed by atoms with Crippen molar-refractivity contribution in [3.8, 4) is 5.75 Å². The SMILES string of the molecule is COc1cc(C(=O)NS(=O)(=O)c2ccccc2C)ccc1C(C)c1c[nH]c2ccc(C(=O)NCC(C)CC(F)(F)F)cc12. The van der Waals surface area contributed by atoms with E-state index in [0.29, 0.717) is 22.4 Å². The van der Waals surface area contributed by atoms with Gasteiger partial charge in [0.15, 0.2) is 0 Å². The number of sulfonamides is 1. The molecule has 0 aliphatic carbocycles. The smallest absolute Gasteiger partial charge is 0.389 e. The number of carbonyl (C=O) groups excluding carboxylic acids is 2. The molecule has 4 aromatic rings. The van der Waals surface area contributed by atoms with Crippen LogP contribution in [0, 0.1) is 12.8 Å². The van der Waals surface area contributed by atoms with Crippen LogP contribution in [-0.4, -0.2) is 45.0 Å². The van der Waals surface area contributed by atoms with Crippen LogP contribution in [0.25, 0.3) is 10.9 Å². The normalized spacial score (nSPS) is 13.4. The summed E-state index contributed by atoms with van der Waals surface area (Å²) in [5.74, 6) is -2.00. The number of alkyl halides is 3. The largest absolute Gasteiger partial charge is 0.496 e. The van der Waals surface area contributed by atoms with E-state index in [2.05, 4.69) is 15.0 Å². The van der Waals surface area contributed by atoms with Gasteiger partial charge in [0.2, 0.25) is 0 Å². The molecule has 0 radical (unpaired) electrons. The van der Waals surface area contributed by atoms with Gasteiger partial charge in [-0.1, -0.05) is 38.1 Å². The third-order valence-corrected chi connectivity index (χ3v) is 8.70. The van der Waals surface area contributed by atoms with E-state index in [4.69, 9.17) is 4.74 Å². The molecule has 2 amide bonds. The van der Waals surface area contributed by atoms with Crippen LogP contribution in [0.15, 0.2) is 71.8 Å². The first-order valence-corrected chi connectivity index (χ1v) is 14.9. The van der Waals surface area contributed by atoms with Gasteiger partial charge in [0.05, 0.1) is 12.0 Å². The van der Waals surface area contributed by atoms with Crippen molar-refractivity contribution in [1.29, 1.82) is 0 Å². The first-order chi connectivity index (χ1) is 20.2. The summed E-state index contributed by atoms with van der Waals surface area (Å²) < 4.78 is 71.2. The van der Waals surface area contributed by atoms with Gasteiger partial charge in [-0.25, -0.2) is 13.1 Å². The van der Waals surface area contributed by atoms with Crippen molar-refractivity contribution < 1.29 is 35.9 Å². The number of aryl methyl sites for hydroxylation is 1. The summed E-state index contributed by atoms with van der Waals surface area (Å²) in [5.41, 5.74) is 3.15. The number of fused-ring (bicyclic) bond motifs is 1. The lowest BCUT2D eigenvalue weighted by Gasteiger charge is -2.17. The van der Waals surface area contributed by atoms with Crippen LogP contribution in [0.2, 0.25) is 0 Å². The van der Waals surface area contributed by atoms with Gasteiger partial charge in [-0.2, -0.15) is 13.2 Å². The first-order valence-electron chi connectivity index (χ1n) is 13.5. The highest BCUT2D eigenvalue weighted by Gasteiger charge is 2.30. The Hall–Kier alpha value is -4.32. The molecule has 0 aliphatic heterocycles. The molecule has 0 aliphatic rings. The Morgan fingerprint density at radius 3 is 2.30 bits per heavy atom. The Morgan fingerprint density at radius 2 is 1.63 bits per heavy atom. The fourth-order valence-electron chi connectivity index (χ4n) is 4.95. The lowest BCUT2D eigenvalue weighted by molar-refractivity contribution is -0.142. The maximum Gasteiger partial charge on any atom is 0.389 e. The molecule has 12 heteroatoms. The van der Waals surface area contributed by atoms with Crippen molar-refractivity contribution in [3.63, 3.8) is 0 Å². The molecule has 4 rings (SSSR count). The van der Waals surface area contributed by atoms with Crippen molar-refractivity contribution in [2.75, 3.05) is 13.7 Å². The molecule has 0 saturated heterocycles. The van der Waals surface area contributed by atoms with Gasteiger partial charge in [-0.3, -0.25) is 9.59 Å². The minimum atomic E-state index is -4.30. The fourth-order valence-corrected chi connectivity index (χ4v) is 6.17. The monoisotopic (exact) mass is 615 g/mol. The summed E-state index contributed by atoms with van der Waals surface area (Å²) >= 11 is 0. The molecular weight excluding hydrogens is 583 g/mol. The van der Waals surface area contributed by atoms with Crippen molar-refractivity contribution in [2.24, 2.45) is 5.92 Å². The molecule has 1 aromatic heterocycles. The summed E-state index contributed by atoms with van der Waals surface area (Å²) in [4.78, 5) is 28.8. The van der Waals surface area contributed by atoms with Crippen LogP contribution >= 0.6 is 0 Å². The minimum absolute atomic E-state index is 0.00348. The summed E-state index contributed by atoms with van der Waals surface area (Å²) in [7, 11) is -2.66. The maximum atomic E-state index is 12.9. The second kappa shape index (κ2) is 12.5. The molecular formula is C31H32F3N3O5S. The number of methoxy groups -OCH3 is 1. The Bertz CT molecular complexity index is 1770. The van der Waals surface area contributed by atoms with Crippen molar-refractivity contribution in [2.45, 2.75) is 44.2 Å². The summed E-state index contributed by atoms with van der Waals surface area (Å²) in [6.45, 7) is 4.86. The van der Waals surface area contributed by atoms with E-state index in [0.717, 1.165) is 16.5 Å². The highest BCUT2D eigenvalue weighted by atomic mass is 32.2. The standard InChI is InChI=1S/C31H32F3N3O5S/c1-18(15-31(32,33)34)16-36-29(38)21-10-12-26-24(13-21)25(17-35-26)20(3)23-11-9-22(14-27(23)42-4)30(39)37-43(40,41)28-8-6-5-7-19(28)2/h5-14,17-18,20,35H,15-16H2,1-4H3,(H,36,38)(H,37,39). The average Bonchev–Trinajstić information content (AvgIpc) is 3.37. The number of halogens is 3. The van der Waals surface area contributed by atoms with Crippen molar-refractivity contribution in [1.82, 2.24) is 15.0 Å². The third kappa shape index (κ3) is 7.37. The number of ether oxygens (including phenoxy) is 1. The number of carbonyl (C=O) groups is 2. The van der Waals surface area contributed by atoms with Crippen molar-refractivity contribution in [3.05, 3.63) is 94.7 Å². The number of aromatic amines is 1. The van der Waals surface area contributed by atoms with Gasteiger partial charge < -0.3 is 15.0 Å². The second-order valence-electron chi connectivity index (χ2n) is 10.5. The zero-order valence-corrected chi connectivity index (χ0v) is 24.8. The second-order valence-corrected chi connectivity index (χ2v) is 12.2. The highest BCUT2D eigenvalue weighted by Crippen LogP contribution is 2.36. The number of amides is 2. The molecule has 8 nitrogen and oxygen atoms in total. The van der Waals surface area contributed by atoms with Crippen LogP contribution in [0.4, 0.5) is 13.2 Å². The summed E-state index contributed by atoms with van der Waals surface area (Å²) in [6, 6.07) is 16.0. The number of aromatic nitrogens is 1. The Kier molecular flexibility index (Phi) is 9.19. The van der Waals surface area contributed by atoms with E-state index < -0.39 is 40.4 Å². The van der Waals surface area contributed by atoms with Crippen LogP contribution in [0.5, 0.6) is 5.75 Å². The van der Waals surface area contributed by atoms with Crippen LogP contribution < -0.4 is 14.8 Å². The molecule has 2 unspecified atom stereocenters. The van der Waals surface area contributed by atoms with E-state index in [1.165, 1.54) is 32.2 Å². The molecule has 0 fully saturated rings. The quantitative estimate of drug-likeness (QED) is 0.200. The zero-order valence-electron chi connectivity index (χ0n) is 24.0. The highest BCUT2D eigenvalue weighted by molar-refractivity contribution is 7.90. The average molecular weight is 616 g/mol. The molecule has 3 N–H and O–H groups in total. The Balaban J connectivity index is 1.55. The van der Waals surface area contributed by atoms with Crippen LogP contribution in [0.1, 0.15) is 63.6 Å². The number of hydrogen-bond acceptors (Lipinski definition) is 5. The molecule has 0 bridgehead atoms. The van der Waals surface area contributed by atoms with Crippen molar-refractivity contribution >= 4 is 32.7 Å². The number of nitrogens with one attached hydrogen (secondary N) is 3. The van der Waals surface area contributed by atoms with E-state index in [-0.39, 0.29) is 22.9 Å². The van der Waals surface area contributed by atoms with Gasteiger partial charge in [0.1, 0.15) is 5.75 Å². The Morgan fingerprint density at radius 1 is 0.953 bits per heavy atom. The lowest BCUT2D eigenvalue weighted by atomic mass is 9.91. The summed E-state index contributed by atoms with van der Waals surface area (Å²) in [6.07, 6.45) is -3.50. The molecule has 0 saturated carbocycles. The van der Waals surface area contributed by atoms with E-state index in [1.54, 1.807) is 55.6 Å². The molecule has 1 heterocycles. The molecule has 3 aromatic carbocycles. The third-order valence-electron chi connectivity index (χ3n) is 7.21. The minimum Gasteiger partial charge on any atom is -0.496 e. The summed E-state index contributed by atoms with van der Waals surface area (Å²) in [5, 5.41) is 3.31. The predicted octanol–water partition coefficient (Wildman–Crippen LogP) is 6.07. The predicted molar refractivity (Wildman–Crippen MR) is 157 cm³/mol. The van der Waals surface area contributed by atoms with E-state index in [1.807, 2.05) is 6.92 Å². The fraction of sp³-hybridized carbons (Fsp3) is 0.290. The van der Waals surface area contributed by atoms with E-state index >= 15 is 0 Å². The number of H-pyrrole nitrogens is 1. The number of hydrogen-bond donors (Lipinski definition) is 3. The number of rotatable bonds is 10. The van der Waals surface area contributed by atoms with Crippen LogP contribution in [0.3, 0.4) is 0 Å². The van der Waals surface area contributed by atoms with Gasteiger partial charge in [-0.15, -0.1) is 0 Å². The molecule has 2 atom stereocenters. The number of benzene rings is 3. The maximum absolute atomic E-state index is 12.9. The van der Waals surface area contributed by atoms with Gasteiger partial charge in [-0.05, 0) is 60.4 Å². The van der Waals surface area contributed by atoms with Gasteiger partial charge in [0, 0.05) is 52.7 Å². The Labute approximate surface area is 247 Å². The van der Waals surface area contributed by atoms with Crippen LogP contribution in [-0.2, 0) is 10.0 Å². The van der Waals surface area contributed by atoms with E-state index in [9.17, 15) is 31.2 Å². The lowest BCUT2D eigenvalue weighted by Crippen LogP contribution is -2.31. The van der Waals surface area contributed by atoms with Gasteiger partial charge in [0.25, 0.3) is 21.8 Å². The molecule has 0 spiro atoms. The topological polar surface area (TPSA) is 117 Å². The zero-order chi connectivity index (χ0) is 31.5. The molecule has 228 valence electrons. The van der Waals surface area contributed by atoms with Gasteiger partial charge >= 0.3 is 6.18 Å².